The van der Waals surface area contributed by atoms with E-state index in [1.807, 2.05) is 27.7 Å². The maximum absolute atomic E-state index is 4.55. The fourth-order valence-corrected chi connectivity index (χ4v) is 3.46. The summed E-state index contributed by atoms with van der Waals surface area (Å²) in [5, 5.41) is 4.75. The number of hydrogen-bond donors (Lipinski definition) is 1. The van der Waals surface area contributed by atoms with Crippen molar-refractivity contribution in [2.45, 2.75) is 60.4 Å². The van der Waals surface area contributed by atoms with Crippen molar-refractivity contribution in [1.29, 1.82) is 0 Å². The number of rotatable bonds is 1. The number of aryl methyl sites for hydroxylation is 2. The molecule has 2 aromatic heterocycles. The molecule has 1 aliphatic rings. The van der Waals surface area contributed by atoms with E-state index in [4.69, 9.17) is 0 Å². The van der Waals surface area contributed by atoms with Gasteiger partial charge in [-0.15, -0.1) is 0 Å². The zero-order valence-electron chi connectivity index (χ0n) is 14.8. The van der Waals surface area contributed by atoms with Crippen LogP contribution >= 0.6 is 15.9 Å². The van der Waals surface area contributed by atoms with E-state index in [0.717, 1.165) is 23.4 Å². The molecule has 1 fully saturated rings. The second-order valence-corrected chi connectivity index (χ2v) is 5.94. The van der Waals surface area contributed by atoms with Crippen LogP contribution in [0, 0.1) is 13.8 Å². The van der Waals surface area contributed by atoms with Gasteiger partial charge in [0.25, 0.3) is 0 Å². The van der Waals surface area contributed by atoms with Crippen molar-refractivity contribution in [1.82, 2.24) is 14.9 Å². The van der Waals surface area contributed by atoms with Crippen LogP contribution in [0.3, 0.4) is 0 Å². The van der Waals surface area contributed by atoms with Crippen LogP contribution in [-0.2, 0) is 0 Å². The lowest BCUT2D eigenvalue weighted by atomic mass is 10.1. The van der Waals surface area contributed by atoms with Crippen LogP contribution in [0.25, 0.3) is 10.9 Å². The van der Waals surface area contributed by atoms with Gasteiger partial charge in [0.05, 0.1) is 11.2 Å². The zero-order valence-corrected chi connectivity index (χ0v) is 16.4. The maximum atomic E-state index is 4.55. The summed E-state index contributed by atoms with van der Waals surface area (Å²) in [6, 6.07) is 2.75. The van der Waals surface area contributed by atoms with E-state index >= 15 is 0 Å². The fraction of sp³-hybridized carbons (Fsp3) is 0.611. The second kappa shape index (κ2) is 9.31. The Morgan fingerprint density at radius 2 is 1.73 bits per heavy atom. The number of nitrogens with one attached hydrogen (secondary N) is 1. The molecule has 0 atom stereocenters. The Hall–Kier alpha value is -0.870. The van der Waals surface area contributed by atoms with Crippen LogP contribution in [0.15, 0.2) is 16.9 Å². The molecule has 124 valence electrons. The van der Waals surface area contributed by atoms with Crippen LogP contribution in [0.2, 0.25) is 0 Å². The highest BCUT2D eigenvalue weighted by Crippen LogP contribution is 2.31. The number of aromatic nitrogens is 2. The molecule has 0 unspecified atom stereocenters. The number of fused-ring (bicyclic) bond motifs is 1. The van der Waals surface area contributed by atoms with Gasteiger partial charge >= 0.3 is 0 Å². The standard InChI is InChI=1S/C14H18BrN3.2C2H6/c1-9-8-18(11-3-5-16-6-4-11)14-10(2)17-13(15)7-12(9)14;2*1-2/h7-8,11,16H,3-6H2,1-2H3;2*1-2H3. The molecule has 22 heavy (non-hydrogen) atoms. The molecule has 3 heterocycles. The summed E-state index contributed by atoms with van der Waals surface area (Å²) in [6.07, 6.45) is 4.71. The Labute approximate surface area is 143 Å². The van der Waals surface area contributed by atoms with Gasteiger partial charge in [0.1, 0.15) is 4.60 Å². The molecule has 1 N–H and O–H groups in total. The minimum atomic E-state index is 0.615. The lowest BCUT2D eigenvalue weighted by Crippen LogP contribution is -2.29. The molecule has 0 spiro atoms. The van der Waals surface area contributed by atoms with E-state index < -0.39 is 0 Å². The van der Waals surface area contributed by atoms with E-state index in [9.17, 15) is 0 Å². The molecule has 1 saturated heterocycles. The first-order valence-corrected chi connectivity index (χ1v) is 9.31. The number of halogens is 1. The maximum Gasteiger partial charge on any atom is 0.107 e. The predicted molar refractivity (Wildman–Crippen MR) is 101 cm³/mol. The SMILES string of the molecule is CC.CC.Cc1cn(C2CCNCC2)c2c(C)nc(Br)cc12. The molecule has 2 aromatic rings. The van der Waals surface area contributed by atoms with Crippen molar-refractivity contribution in [2.75, 3.05) is 13.1 Å². The summed E-state index contributed by atoms with van der Waals surface area (Å²) in [4.78, 5) is 4.55. The number of hydrogen-bond acceptors (Lipinski definition) is 2. The van der Waals surface area contributed by atoms with Crippen molar-refractivity contribution in [2.24, 2.45) is 0 Å². The normalized spacial score (nSPS) is 14.9. The van der Waals surface area contributed by atoms with E-state index in [1.54, 1.807) is 0 Å². The second-order valence-electron chi connectivity index (χ2n) is 5.13. The molecule has 0 aromatic carbocycles. The summed E-state index contributed by atoms with van der Waals surface area (Å²) in [7, 11) is 0. The molecule has 4 heteroatoms. The molecule has 0 aliphatic carbocycles. The van der Waals surface area contributed by atoms with Gasteiger partial charge in [0.2, 0.25) is 0 Å². The Bertz CT molecular complexity index is 584. The summed E-state index contributed by atoms with van der Waals surface area (Å²) in [5.74, 6) is 0. The third-order valence-electron chi connectivity index (χ3n) is 3.85. The number of pyridine rings is 1. The Morgan fingerprint density at radius 3 is 2.32 bits per heavy atom. The first-order valence-electron chi connectivity index (χ1n) is 8.52. The third-order valence-corrected chi connectivity index (χ3v) is 4.26. The van der Waals surface area contributed by atoms with Crippen LogP contribution in [0.1, 0.15) is 57.8 Å². The Morgan fingerprint density at radius 1 is 1.14 bits per heavy atom. The minimum Gasteiger partial charge on any atom is -0.343 e. The van der Waals surface area contributed by atoms with Gasteiger partial charge in [-0.05, 0) is 67.3 Å². The topological polar surface area (TPSA) is 29.9 Å². The van der Waals surface area contributed by atoms with Gasteiger partial charge in [0, 0.05) is 17.6 Å². The molecule has 0 bridgehead atoms. The molecule has 0 amide bonds. The molecule has 0 saturated carbocycles. The summed E-state index contributed by atoms with van der Waals surface area (Å²) in [5.41, 5.74) is 3.77. The lowest BCUT2D eigenvalue weighted by molar-refractivity contribution is 0.375. The monoisotopic (exact) mass is 367 g/mol. The van der Waals surface area contributed by atoms with E-state index in [2.05, 4.69) is 56.9 Å². The molecule has 3 rings (SSSR count). The van der Waals surface area contributed by atoms with E-state index in [1.165, 1.54) is 29.3 Å². The first kappa shape index (κ1) is 19.2. The van der Waals surface area contributed by atoms with Crippen molar-refractivity contribution in [3.63, 3.8) is 0 Å². The first-order chi connectivity index (χ1) is 10.7. The van der Waals surface area contributed by atoms with Gasteiger partial charge in [-0.2, -0.15) is 0 Å². The smallest absolute Gasteiger partial charge is 0.107 e. The van der Waals surface area contributed by atoms with E-state index in [0.29, 0.717) is 6.04 Å². The van der Waals surface area contributed by atoms with Gasteiger partial charge in [0.15, 0.2) is 0 Å². The largest absolute Gasteiger partial charge is 0.343 e. The van der Waals surface area contributed by atoms with Crippen molar-refractivity contribution in [3.8, 4) is 0 Å². The van der Waals surface area contributed by atoms with Crippen LogP contribution in [0.4, 0.5) is 0 Å². The van der Waals surface area contributed by atoms with Crippen molar-refractivity contribution >= 4 is 26.8 Å². The number of piperidine rings is 1. The molecule has 1 aliphatic heterocycles. The fourth-order valence-electron chi connectivity index (χ4n) is 2.97. The lowest BCUT2D eigenvalue weighted by Gasteiger charge is -2.25. The third kappa shape index (κ3) is 4.11. The Balaban J connectivity index is 0.000000561. The summed E-state index contributed by atoms with van der Waals surface area (Å²) < 4.78 is 3.37. The highest BCUT2D eigenvalue weighted by Gasteiger charge is 2.19. The minimum absolute atomic E-state index is 0.615. The molecular weight excluding hydrogens is 338 g/mol. The highest BCUT2D eigenvalue weighted by atomic mass is 79.9. The molecule has 0 radical (unpaired) electrons. The average Bonchev–Trinajstić information content (AvgIpc) is 2.89. The summed E-state index contributed by atoms with van der Waals surface area (Å²) in [6.45, 7) is 14.5. The highest BCUT2D eigenvalue weighted by molar-refractivity contribution is 9.10. The number of nitrogens with zero attached hydrogens (tertiary/aromatic N) is 2. The van der Waals surface area contributed by atoms with Crippen molar-refractivity contribution in [3.05, 3.63) is 28.1 Å². The average molecular weight is 368 g/mol. The Kier molecular flexibility index (Phi) is 8.12. The summed E-state index contributed by atoms with van der Waals surface area (Å²) >= 11 is 3.49. The van der Waals surface area contributed by atoms with Crippen LogP contribution in [0.5, 0.6) is 0 Å². The van der Waals surface area contributed by atoms with Crippen LogP contribution < -0.4 is 5.32 Å². The van der Waals surface area contributed by atoms with E-state index in [-0.39, 0.29) is 0 Å². The van der Waals surface area contributed by atoms with Gasteiger partial charge < -0.3 is 9.88 Å². The van der Waals surface area contributed by atoms with Crippen LogP contribution in [-0.4, -0.2) is 22.6 Å². The van der Waals surface area contributed by atoms with Gasteiger partial charge in [-0.1, -0.05) is 27.7 Å². The van der Waals surface area contributed by atoms with Crippen molar-refractivity contribution < 1.29 is 0 Å². The molecular formula is C18H30BrN3. The van der Waals surface area contributed by atoms with Gasteiger partial charge in [-0.25, -0.2) is 4.98 Å². The quantitative estimate of drug-likeness (QED) is 0.684. The van der Waals surface area contributed by atoms with Gasteiger partial charge in [-0.3, -0.25) is 0 Å². The zero-order chi connectivity index (χ0) is 16.7. The molecule has 3 nitrogen and oxygen atoms in total. The predicted octanol–water partition coefficient (Wildman–Crippen LogP) is 5.39.